The molecule has 0 saturated heterocycles. The standard InChI is InChI=1S/C18H17ClN2OS/c1-2-11-20-18(22)16-17(14-5-3-4-6-15(14)21-16)23-13-9-7-12(19)8-10-13/h3-10,21H,2,11H2,1H3,(H,20,22). The Hall–Kier alpha value is -1.91. The molecule has 118 valence electrons. The van der Waals surface area contributed by atoms with Crippen LogP contribution in [0.15, 0.2) is 58.3 Å². The number of carbonyl (C=O) groups is 1. The zero-order valence-electron chi connectivity index (χ0n) is 12.7. The monoisotopic (exact) mass is 344 g/mol. The van der Waals surface area contributed by atoms with Crippen LogP contribution in [0.4, 0.5) is 0 Å². The molecular weight excluding hydrogens is 328 g/mol. The Morgan fingerprint density at radius 2 is 1.91 bits per heavy atom. The molecule has 1 amide bonds. The Bertz CT molecular complexity index is 827. The molecule has 1 heterocycles. The molecule has 0 radical (unpaired) electrons. The Morgan fingerprint density at radius 1 is 1.17 bits per heavy atom. The summed E-state index contributed by atoms with van der Waals surface area (Å²) >= 11 is 7.52. The van der Waals surface area contributed by atoms with Crippen molar-refractivity contribution in [2.75, 3.05) is 6.54 Å². The van der Waals surface area contributed by atoms with Crippen molar-refractivity contribution in [1.29, 1.82) is 0 Å². The first-order valence-corrected chi connectivity index (χ1v) is 8.71. The number of fused-ring (bicyclic) bond motifs is 1. The second kappa shape index (κ2) is 7.11. The number of hydrogen-bond acceptors (Lipinski definition) is 2. The van der Waals surface area contributed by atoms with Crippen molar-refractivity contribution in [2.24, 2.45) is 0 Å². The lowest BCUT2D eigenvalue weighted by molar-refractivity contribution is 0.0946. The van der Waals surface area contributed by atoms with E-state index in [0.717, 1.165) is 27.1 Å². The van der Waals surface area contributed by atoms with Gasteiger partial charge in [-0.15, -0.1) is 0 Å². The summed E-state index contributed by atoms with van der Waals surface area (Å²) in [7, 11) is 0. The van der Waals surface area contributed by atoms with Crippen molar-refractivity contribution < 1.29 is 4.79 Å². The fraction of sp³-hybridized carbons (Fsp3) is 0.167. The molecule has 2 aromatic carbocycles. The van der Waals surface area contributed by atoms with E-state index < -0.39 is 0 Å². The number of carbonyl (C=O) groups excluding carboxylic acids is 1. The molecule has 1 aromatic heterocycles. The number of aromatic nitrogens is 1. The second-order valence-corrected chi connectivity index (χ2v) is 6.71. The number of hydrogen-bond donors (Lipinski definition) is 2. The van der Waals surface area contributed by atoms with E-state index in [9.17, 15) is 4.79 Å². The van der Waals surface area contributed by atoms with Crippen LogP contribution < -0.4 is 5.32 Å². The molecule has 3 aromatic rings. The lowest BCUT2D eigenvalue weighted by atomic mass is 10.2. The summed E-state index contributed by atoms with van der Waals surface area (Å²) < 4.78 is 0. The van der Waals surface area contributed by atoms with Gasteiger partial charge in [0.1, 0.15) is 5.69 Å². The molecule has 3 nitrogen and oxygen atoms in total. The third-order valence-electron chi connectivity index (χ3n) is 3.45. The third-order valence-corrected chi connectivity index (χ3v) is 4.84. The number of amides is 1. The van der Waals surface area contributed by atoms with Gasteiger partial charge in [-0.3, -0.25) is 4.79 Å². The zero-order valence-corrected chi connectivity index (χ0v) is 14.3. The first-order chi connectivity index (χ1) is 11.2. The van der Waals surface area contributed by atoms with Crippen LogP contribution in [0.1, 0.15) is 23.8 Å². The molecule has 23 heavy (non-hydrogen) atoms. The third kappa shape index (κ3) is 3.54. The highest BCUT2D eigenvalue weighted by molar-refractivity contribution is 7.99. The van der Waals surface area contributed by atoms with Gasteiger partial charge in [0.2, 0.25) is 0 Å². The lowest BCUT2D eigenvalue weighted by Crippen LogP contribution is -2.24. The van der Waals surface area contributed by atoms with Gasteiger partial charge in [-0.25, -0.2) is 0 Å². The van der Waals surface area contributed by atoms with Gasteiger partial charge in [-0.2, -0.15) is 0 Å². The summed E-state index contributed by atoms with van der Waals surface area (Å²) in [6.45, 7) is 2.70. The molecule has 3 rings (SSSR count). The predicted octanol–water partition coefficient (Wildman–Crippen LogP) is 5.11. The Morgan fingerprint density at radius 3 is 2.65 bits per heavy atom. The van der Waals surface area contributed by atoms with Gasteiger partial charge in [0.15, 0.2) is 0 Å². The van der Waals surface area contributed by atoms with E-state index in [2.05, 4.69) is 10.3 Å². The van der Waals surface area contributed by atoms with Gasteiger partial charge in [-0.05, 0) is 36.8 Å². The average molecular weight is 345 g/mol. The molecule has 0 spiro atoms. The molecule has 0 aliphatic carbocycles. The van der Waals surface area contributed by atoms with Crippen LogP contribution in [0, 0.1) is 0 Å². The summed E-state index contributed by atoms with van der Waals surface area (Å²) in [4.78, 5) is 17.7. The van der Waals surface area contributed by atoms with Gasteiger partial charge in [0.05, 0.1) is 4.90 Å². The van der Waals surface area contributed by atoms with Crippen LogP contribution in [0.3, 0.4) is 0 Å². The highest BCUT2D eigenvalue weighted by atomic mass is 35.5. The molecule has 0 fully saturated rings. The summed E-state index contributed by atoms with van der Waals surface area (Å²) in [6.07, 6.45) is 0.908. The van der Waals surface area contributed by atoms with E-state index >= 15 is 0 Å². The molecule has 0 aliphatic heterocycles. The van der Waals surface area contributed by atoms with Crippen LogP contribution in [-0.4, -0.2) is 17.4 Å². The minimum Gasteiger partial charge on any atom is -0.351 e. The number of benzene rings is 2. The number of halogens is 1. The van der Waals surface area contributed by atoms with Crippen molar-refractivity contribution in [2.45, 2.75) is 23.1 Å². The molecule has 0 saturated carbocycles. The van der Waals surface area contributed by atoms with E-state index in [0.29, 0.717) is 17.3 Å². The van der Waals surface area contributed by atoms with E-state index in [1.807, 2.05) is 55.5 Å². The molecule has 0 bridgehead atoms. The molecule has 0 unspecified atom stereocenters. The number of nitrogens with one attached hydrogen (secondary N) is 2. The Labute approximate surface area is 144 Å². The van der Waals surface area contributed by atoms with Crippen molar-refractivity contribution in [1.82, 2.24) is 10.3 Å². The zero-order chi connectivity index (χ0) is 16.2. The molecule has 0 aliphatic rings. The van der Waals surface area contributed by atoms with Gasteiger partial charge in [0, 0.05) is 27.4 Å². The quantitative estimate of drug-likeness (QED) is 0.675. The Kier molecular flexibility index (Phi) is 4.94. The van der Waals surface area contributed by atoms with Crippen LogP contribution >= 0.6 is 23.4 Å². The van der Waals surface area contributed by atoms with Gasteiger partial charge in [0.25, 0.3) is 5.91 Å². The van der Waals surface area contributed by atoms with Crippen LogP contribution in [0.5, 0.6) is 0 Å². The number of H-pyrrole nitrogens is 1. The lowest BCUT2D eigenvalue weighted by Gasteiger charge is -2.06. The minimum absolute atomic E-state index is 0.0699. The van der Waals surface area contributed by atoms with Crippen LogP contribution in [-0.2, 0) is 0 Å². The minimum atomic E-state index is -0.0699. The molecule has 0 atom stereocenters. The first-order valence-electron chi connectivity index (χ1n) is 7.51. The van der Waals surface area contributed by atoms with Crippen molar-refractivity contribution in [3.8, 4) is 0 Å². The summed E-state index contributed by atoms with van der Waals surface area (Å²) in [6, 6.07) is 15.6. The summed E-state index contributed by atoms with van der Waals surface area (Å²) in [5, 5.41) is 4.69. The second-order valence-electron chi connectivity index (χ2n) is 5.19. The largest absolute Gasteiger partial charge is 0.351 e. The fourth-order valence-corrected chi connectivity index (χ4v) is 3.50. The number of aromatic amines is 1. The van der Waals surface area contributed by atoms with E-state index in [-0.39, 0.29) is 5.91 Å². The fourth-order valence-electron chi connectivity index (χ4n) is 2.33. The summed E-state index contributed by atoms with van der Waals surface area (Å²) in [5.41, 5.74) is 1.57. The predicted molar refractivity (Wildman–Crippen MR) is 96.5 cm³/mol. The molecule has 2 N–H and O–H groups in total. The highest BCUT2D eigenvalue weighted by Gasteiger charge is 2.18. The van der Waals surface area contributed by atoms with Crippen molar-refractivity contribution in [3.05, 3.63) is 59.2 Å². The van der Waals surface area contributed by atoms with Gasteiger partial charge >= 0.3 is 0 Å². The number of para-hydroxylation sites is 1. The van der Waals surface area contributed by atoms with Crippen molar-refractivity contribution >= 4 is 40.2 Å². The molecular formula is C18H17ClN2OS. The maximum atomic E-state index is 12.5. The maximum Gasteiger partial charge on any atom is 0.268 e. The topological polar surface area (TPSA) is 44.9 Å². The first kappa shape index (κ1) is 16.0. The van der Waals surface area contributed by atoms with Crippen molar-refractivity contribution in [3.63, 3.8) is 0 Å². The summed E-state index contributed by atoms with van der Waals surface area (Å²) in [5.74, 6) is -0.0699. The number of rotatable bonds is 5. The Balaban J connectivity index is 2.01. The average Bonchev–Trinajstić information content (AvgIpc) is 2.93. The van der Waals surface area contributed by atoms with Crippen LogP contribution in [0.25, 0.3) is 10.9 Å². The van der Waals surface area contributed by atoms with E-state index in [4.69, 9.17) is 11.6 Å². The molecule has 5 heteroatoms. The van der Waals surface area contributed by atoms with Gasteiger partial charge < -0.3 is 10.3 Å². The maximum absolute atomic E-state index is 12.5. The van der Waals surface area contributed by atoms with Crippen LogP contribution in [0.2, 0.25) is 5.02 Å². The van der Waals surface area contributed by atoms with E-state index in [1.54, 1.807) is 11.8 Å². The normalized spacial score (nSPS) is 10.9. The smallest absolute Gasteiger partial charge is 0.268 e. The van der Waals surface area contributed by atoms with E-state index in [1.165, 1.54) is 0 Å². The SMILES string of the molecule is CCCNC(=O)c1[nH]c2ccccc2c1Sc1ccc(Cl)cc1. The van der Waals surface area contributed by atoms with Gasteiger partial charge in [-0.1, -0.05) is 48.5 Å². The highest BCUT2D eigenvalue weighted by Crippen LogP contribution is 2.37.